The number of nitrogens with one attached hydrogen (secondary N) is 1. The highest BCUT2D eigenvalue weighted by molar-refractivity contribution is 6.01. The molecule has 0 radical (unpaired) electrons. The molecule has 0 unspecified atom stereocenters. The van der Waals surface area contributed by atoms with Crippen molar-refractivity contribution in [1.82, 2.24) is 35.0 Å². The molecule has 12 nitrogen and oxygen atoms in total. The molecule has 5 rings (SSSR count). The van der Waals surface area contributed by atoms with Gasteiger partial charge in [-0.25, -0.2) is 4.68 Å². The van der Waals surface area contributed by atoms with Gasteiger partial charge in [-0.2, -0.15) is 0 Å². The molecule has 51 heavy (non-hydrogen) atoms. The van der Waals surface area contributed by atoms with E-state index in [-0.39, 0.29) is 24.7 Å². The number of likely N-dealkylation sites (N-methyl/N-ethyl adjacent to an activating group) is 1. The fourth-order valence-electron chi connectivity index (χ4n) is 6.63. The lowest BCUT2D eigenvalue weighted by atomic mass is 9.95. The Kier molecular flexibility index (Phi) is 15.4. The van der Waals surface area contributed by atoms with Gasteiger partial charge in [0.2, 0.25) is 11.8 Å². The quantitative estimate of drug-likeness (QED) is 0.174. The molecule has 2 aliphatic rings. The number of unbranched alkanes of at least 4 members (excludes halogenated alkanes) is 1. The number of hydrogen-bond acceptors (Lipinski definition) is 9. The zero-order valence-electron chi connectivity index (χ0n) is 31.0. The second-order valence-electron chi connectivity index (χ2n) is 13.8. The first-order valence-electron chi connectivity index (χ1n) is 18.9. The highest BCUT2D eigenvalue weighted by atomic mass is 16.5. The van der Waals surface area contributed by atoms with E-state index in [0.717, 1.165) is 112 Å². The van der Waals surface area contributed by atoms with Crippen molar-refractivity contribution in [2.75, 3.05) is 97.8 Å². The van der Waals surface area contributed by atoms with Gasteiger partial charge in [0.25, 0.3) is 0 Å². The number of piperazine rings is 1. The van der Waals surface area contributed by atoms with Gasteiger partial charge in [0.1, 0.15) is 5.69 Å². The molecular formula is C39H58N8O4. The van der Waals surface area contributed by atoms with E-state index in [9.17, 15) is 9.59 Å². The van der Waals surface area contributed by atoms with Crippen LogP contribution in [0.15, 0.2) is 48.5 Å². The van der Waals surface area contributed by atoms with E-state index in [1.54, 1.807) is 4.90 Å². The van der Waals surface area contributed by atoms with Crippen molar-refractivity contribution in [1.29, 1.82) is 0 Å². The van der Waals surface area contributed by atoms with Crippen LogP contribution in [-0.2, 0) is 32.2 Å². The van der Waals surface area contributed by atoms with Crippen molar-refractivity contribution < 1.29 is 19.1 Å². The Hall–Kier alpha value is -3.68. The van der Waals surface area contributed by atoms with E-state index < -0.39 is 0 Å². The molecular weight excluding hydrogens is 644 g/mol. The van der Waals surface area contributed by atoms with Crippen LogP contribution in [0.3, 0.4) is 0 Å². The molecule has 1 N–H and O–H groups in total. The van der Waals surface area contributed by atoms with Crippen molar-refractivity contribution in [3.05, 3.63) is 54.1 Å². The predicted molar refractivity (Wildman–Crippen MR) is 202 cm³/mol. The van der Waals surface area contributed by atoms with Crippen molar-refractivity contribution in [2.24, 2.45) is 0 Å². The molecule has 1 aromatic heterocycles. The molecule has 0 atom stereocenters. The number of nitrogens with zero attached hydrogens (tertiary/aromatic N) is 7. The molecule has 0 saturated carbocycles. The maximum atomic E-state index is 13.8. The minimum Gasteiger partial charge on any atom is -0.379 e. The second kappa shape index (κ2) is 20.4. The number of ether oxygens (including phenoxy) is 2. The molecule has 278 valence electrons. The number of hydrogen-bond donors (Lipinski definition) is 1. The highest BCUT2D eigenvalue weighted by Crippen LogP contribution is 2.41. The van der Waals surface area contributed by atoms with E-state index in [1.165, 1.54) is 0 Å². The van der Waals surface area contributed by atoms with Crippen molar-refractivity contribution in [2.45, 2.75) is 58.5 Å². The van der Waals surface area contributed by atoms with Crippen LogP contribution in [0.25, 0.3) is 22.5 Å². The summed E-state index contributed by atoms with van der Waals surface area (Å²) in [6.07, 6.45) is 4.10. The summed E-state index contributed by atoms with van der Waals surface area (Å²) in [7, 11) is 4.26. The zero-order chi connectivity index (χ0) is 35.8. The van der Waals surface area contributed by atoms with Gasteiger partial charge in [0.15, 0.2) is 0 Å². The minimum atomic E-state index is -0.136. The summed E-state index contributed by atoms with van der Waals surface area (Å²) >= 11 is 0. The number of aromatic nitrogens is 3. The summed E-state index contributed by atoms with van der Waals surface area (Å²) in [6, 6.07) is 16.1. The van der Waals surface area contributed by atoms with Crippen LogP contribution in [0, 0.1) is 0 Å². The topological polar surface area (TPSA) is 108 Å². The molecule has 1 saturated heterocycles. The van der Waals surface area contributed by atoms with Crippen LogP contribution in [0.1, 0.15) is 51.0 Å². The Morgan fingerprint density at radius 1 is 0.804 bits per heavy atom. The first-order chi connectivity index (χ1) is 24.9. The van der Waals surface area contributed by atoms with Gasteiger partial charge >= 0.3 is 0 Å². The number of benzene rings is 2. The number of anilines is 1. The summed E-state index contributed by atoms with van der Waals surface area (Å²) in [5.41, 5.74) is 5.49. The first-order valence-corrected chi connectivity index (χ1v) is 18.9. The molecule has 3 heterocycles. The van der Waals surface area contributed by atoms with Crippen molar-refractivity contribution >= 4 is 17.5 Å². The van der Waals surface area contributed by atoms with E-state index >= 15 is 0 Å². The highest BCUT2D eigenvalue weighted by Gasteiger charge is 2.29. The van der Waals surface area contributed by atoms with Gasteiger partial charge in [-0.3, -0.25) is 14.5 Å². The fourth-order valence-corrected chi connectivity index (χ4v) is 6.63. The lowest BCUT2D eigenvalue weighted by Crippen LogP contribution is -2.48. The van der Waals surface area contributed by atoms with Gasteiger partial charge in [-0.1, -0.05) is 61.0 Å². The minimum absolute atomic E-state index is 0.100. The van der Waals surface area contributed by atoms with E-state index in [4.69, 9.17) is 14.6 Å². The smallest absolute Gasteiger partial charge is 0.227 e. The SMILES string of the molecule is CCCCOCCOCCCNC(=O)CCC(=O)N1Cc2ccccc2-c2c(nnn2CCCN2CCN(CCN(C)C)CC2)-c2ccccc21. The van der Waals surface area contributed by atoms with Crippen LogP contribution in [0.2, 0.25) is 0 Å². The molecule has 2 aromatic carbocycles. The largest absolute Gasteiger partial charge is 0.379 e. The molecule has 1 fully saturated rings. The standard InChI is InChI=1S/C39H58N8O4/c1-4-5-27-50-29-30-51-28-10-18-40-36(48)16-17-37(49)46-31-32-12-6-7-13-33(32)39-38(34-14-8-9-15-35(34)46)41-42-47(39)20-11-19-44-23-25-45(26-24-44)22-21-43(2)3/h6-9,12-15H,4-5,10-11,16-31H2,1-3H3,(H,40,48). The maximum Gasteiger partial charge on any atom is 0.227 e. The van der Waals surface area contributed by atoms with Crippen LogP contribution < -0.4 is 10.2 Å². The molecule has 0 bridgehead atoms. The number of aryl methyl sites for hydroxylation is 1. The Bertz CT molecular complexity index is 1520. The summed E-state index contributed by atoms with van der Waals surface area (Å²) in [4.78, 5) is 35.7. The van der Waals surface area contributed by atoms with E-state index in [1.807, 2.05) is 41.1 Å². The summed E-state index contributed by atoms with van der Waals surface area (Å²) in [5.74, 6) is -0.236. The Morgan fingerprint density at radius 3 is 2.24 bits per heavy atom. The number of rotatable bonds is 20. The molecule has 0 aliphatic carbocycles. The number of amides is 2. The second-order valence-corrected chi connectivity index (χ2v) is 13.8. The van der Waals surface area contributed by atoms with Gasteiger partial charge in [0.05, 0.1) is 31.1 Å². The zero-order valence-corrected chi connectivity index (χ0v) is 31.0. The van der Waals surface area contributed by atoms with Gasteiger partial charge in [-0.05, 0) is 45.0 Å². The summed E-state index contributed by atoms with van der Waals surface area (Å²) < 4.78 is 13.1. The molecule has 2 amide bonds. The molecule has 2 aliphatic heterocycles. The average Bonchev–Trinajstić information content (AvgIpc) is 3.55. The summed E-state index contributed by atoms with van der Waals surface area (Å²) in [6.45, 7) is 13.9. The first kappa shape index (κ1) is 38.5. The Morgan fingerprint density at radius 2 is 1.49 bits per heavy atom. The average molecular weight is 703 g/mol. The number of carbonyl (C=O) groups excluding carboxylic acids is 2. The Labute approximate surface area is 304 Å². The van der Waals surface area contributed by atoms with Crippen LogP contribution in [0.5, 0.6) is 0 Å². The van der Waals surface area contributed by atoms with Crippen LogP contribution in [0.4, 0.5) is 5.69 Å². The molecule has 12 heteroatoms. The third-order valence-electron chi connectivity index (χ3n) is 9.63. The summed E-state index contributed by atoms with van der Waals surface area (Å²) in [5, 5.41) is 12.3. The number of fused-ring (bicyclic) bond motifs is 5. The van der Waals surface area contributed by atoms with Crippen LogP contribution >= 0.6 is 0 Å². The lowest BCUT2D eigenvalue weighted by molar-refractivity contribution is -0.125. The van der Waals surface area contributed by atoms with Gasteiger partial charge < -0.3 is 29.5 Å². The monoisotopic (exact) mass is 702 g/mol. The predicted octanol–water partition coefficient (Wildman–Crippen LogP) is 4.15. The van der Waals surface area contributed by atoms with E-state index in [2.05, 4.69) is 58.4 Å². The number of carbonyl (C=O) groups is 2. The van der Waals surface area contributed by atoms with Gasteiger partial charge in [0, 0.05) is 96.1 Å². The van der Waals surface area contributed by atoms with Gasteiger partial charge in [-0.15, -0.1) is 5.10 Å². The number of para-hydroxylation sites is 1. The fraction of sp³-hybridized carbons (Fsp3) is 0.590. The van der Waals surface area contributed by atoms with Crippen molar-refractivity contribution in [3.8, 4) is 22.5 Å². The third-order valence-corrected chi connectivity index (χ3v) is 9.63. The maximum absolute atomic E-state index is 13.8. The Balaban J connectivity index is 1.17. The normalized spacial score (nSPS) is 14.9. The van der Waals surface area contributed by atoms with Crippen LogP contribution in [-0.4, -0.2) is 134 Å². The van der Waals surface area contributed by atoms with E-state index in [0.29, 0.717) is 39.3 Å². The van der Waals surface area contributed by atoms with Crippen molar-refractivity contribution in [3.63, 3.8) is 0 Å². The third kappa shape index (κ3) is 11.4. The lowest BCUT2D eigenvalue weighted by Gasteiger charge is -2.35. The molecule has 3 aromatic rings. The molecule has 0 spiro atoms.